The summed E-state index contributed by atoms with van der Waals surface area (Å²) < 4.78 is 5.16. The maximum Gasteiger partial charge on any atom is 0.410 e. The van der Waals surface area contributed by atoms with Crippen molar-refractivity contribution in [3.05, 3.63) is 0 Å². The van der Waals surface area contributed by atoms with E-state index in [1.165, 1.54) is 4.90 Å². The molecular formula is C13H23NO4. The molecule has 1 aliphatic rings. The zero-order chi connectivity index (χ0) is 13.8. The summed E-state index contributed by atoms with van der Waals surface area (Å²) in [5, 5.41) is 9.44. The maximum atomic E-state index is 12.0. The number of rotatable bonds is 5. The predicted octanol–water partition coefficient (Wildman–Crippen LogP) is 2.50. The van der Waals surface area contributed by atoms with Gasteiger partial charge in [-0.25, -0.2) is 9.59 Å². The first kappa shape index (κ1) is 14.8. The van der Waals surface area contributed by atoms with E-state index in [-0.39, 0.29) is 5.92 Å². The van der Waals surface area contributed by atoms with E-state index in [9.17, 15) is 14.7 Å². The van der Waals surface area contributed by atoms with Crippen molar-refractivity contribution in [3.63, 3.8) is 0 Å². The van der Waals surface area contributed by atoms with Gasteiger partial charge in [0.2, 0.25) is 0 Å². The van der Waals surface area contributed by atoms with E-state index in [0.29, 0.717) is 26.0 Å². The Hall–Kier alpha value is -1.26. The Labute approximate surface area is 108 Å². The van der Waals surface area contributed by atoms with Crippen molar-refractivity contribution in [2.75, 3.05) is 13.2 Å². The van der Waals surface area contributed by atoms with E-state index in [1.54, 1.807) is 0 Å². The van der Waals surface area contributed by atoms with Crippen LogP contribution in [0.1, 0.15) is 46.5 Å². The molecule has 1 fully saturated rings. The zero-order valence-electron chi connectivity index (χ0n) is 11.4. The highest BCUT2D eigenvalue weighted by atomic mass is 16.6. The summed E-state index contributed by atoms with van der Waals surface area (Å²) in [4.78, 5) is 24.9. The molecule has 1 atom stereocenters. The van der Waals surface area contributed by atoms with Crippen molar-refractivity contribution in [2.45, 2.75) is 52.0 Å². The minimum atomic E-state index is -1.05. The fourth-order valence-electron chi connectivity index (χ4n) is 2.46. The highest BCUT2D eigenvalue weighted by Gasteiger charge is 2.49. The van der Waals surface area contributed by atoms with Gasteiger partial charge in [-0.05, 0) is 25.2 Å². The molecule has 0 bridgehead atoms. The third-order valence-electron chi connectivity index (χ3n) is 3.31. The number of carboxylic acids is 1. The number of nitrogens with zero attached hydrogens (tertiary/aromatic N) is 1. The quantitative estimate of drug-likeness (QED) is 0.821. The summed E-state index contributed by atoms with van der Waals surface area (Å²) in [6, 6.07) is 0. The van der Waals surface area contributed by atoms with Gasteiger partial charge < -0.3 is 9.84 Å². The van der Waals surface area contributed by atoms with Crippen molar-refractivity contribution in [1.82, 2.24) is 4.90 Å². The molecule has 0 aliphatic carbocycles. The van der Waals surface area contributed by atoms with Crippen LogP contribution in [0.5, 0.6) is 0 Å². The van der Waals surface area contributed by atoms with Crippen molar-refractivity contribution < 1.29 is 19.4 Å². The summed E-state index contributed by atoms with van der Waals surface area (Å²) in [5.74, 6) is -0.662. The summed E-state index contributed by atoms with van der Waals surface area (Å²) in [7, 11) is 0. The van der Waals surface area contributed by atoms with E-state index < -0.39 is 17.6 Å². The molecule has 1 unspecified atom stereocenters. The molecule has 0 radical (unpaired) electrons. The Morgan fingerprint density at radius 2 is 2.11 bits per heavy atom. The Kier molecular flexibility index (Phi) is 4.99. The van der Waals surface area contributed by atoms with E-state index in [0.717, 1.165) is 12.8 Å². The SMILES string of the molecule is CCCC1(C(=O)O)CCCN1C(=O)OCC(C)C. The lowest BCUT2D eigenvalue weighted by Gasteiger charge is -2.33. The number of ether oxygens (including phenoxy) is 1. The molecule has 5 heteroatoms. The Morgan fingerprint density at radius 3 is 2.61 bits per heavy atom. The van der Waals surface area contributed by atoms with Gasteiger partial charge in [0, 0.05) is 6.54 Å². The van der Waals surface area contributed by atoms with Crippen LogP contribution in [0.3, 0.4) is 0 Å². The Bertz CT molecular complexity index is 316. The van der Waals surface area contributed by atoms with Crippen molar-refractivity contribution >= 4 is 12.1 Å². The topological polar surface area (TPSA) is 66.8 Å². The standard InChI is InChI=1S/C13H23NO4/c1-4-6-13(11(15)16)7-5-8-14(13)12(17)18-9-10(2)3/h10H,4-9H2,1-3H3,(H,15,16). The van der Waals surface area contributed by atoms with Gasteiger partial charge in [-0.15, -0.1) is 0 Å². The molecular weight excluding hydrogens is 234 g/mol. The second-order valence-electron chi connectivity index (χ2n) is 5.31. The van der Waals surface area contributed by atoms with Crippen molar-refractivity contribution in [1.29, 1.82) is 0 Å². The average molecular weight is 257 g/mol. The average Bonchev–Trinajstić information content (AvgIpc) is 2.71. The molecule has 0 aromatic heterocycles. The van der Waals surface area contributed by atoms with Crippen LogP contribution in [0, 0.1) is 5.92 Å². The molecule has 1 saturated heterocycles. The number of hydrogen-bond donors (Lipinski definition) is 1. The van der Waals surface area contributed by atoms with Gasteiger partial charge in [-0.3, -0.25) is 4.90 Å². The summed E-state index contributed by atoms with van der Waals surface area (Å²) in [6.07, 6.45) is 1.98. The number of carboxylic acid groups (broad SMARTS) is 1. The van der Waals surface area contributed by atoms with Crippen LogP contribution < -0.4 is 0 Å². The van der Waals surface area contributed by atoms with Crippen LogP contribution in [0.4, 0.5) is 4.79 Å². The Balaban J connectivity index is 2.78. The van der Waals surface area contributed by atoms with Crippen LogP contribution >= 0.6 is 0 Å². The number of amides is 1. The largest absolute Gasteiger partial charge is 0.479 e. The number of likely N-dealkylation sites (tertiary alicyclic amines) is 1. The van der Waals surface area contributed by atoms with E-state index >= 15 is 0 Å². The lowest BCUT2D eigenvalue weighted by molar-refractivity contribution is -0.149. The highest BCUT2D eigenvalue weighted by Crippen LogP contribution is 2.34. The fourth-order valence-corrected chi connectivity index (χ4v) is 2.46. The minimum absolute atomic E-state index is 0.252. The van der Waals surface area contributed by atoms with Crippen LogP contribution in [0.25, 0.3) is 0 Å². The number of hydrogen-bond acceptors (Lipinski definition) is 3. The van der Waals surface area contributed by atoms with Gasteiger partial charge in [0.05, 0.1) is 6.61 Å². The summed E-state index contributed by atoms with van der Waals surface area (Å²) in [6.45, 7) is 6.64. The number of aliphatic carboxylic acids is 1. The highest BCUT2D eigenvalue weighted by molar-refractivity contribution is 5.85. The first-order chi connectivity index (χ1) is 8.44. The first-order valence-corrected chi connectivity index (χ1v) is 6.62. The monoisotopic (exact) mass is 257 g/mol. The fraction of sp³-hybridized carbons (Fsp3) is 0.846. The van der Waals surface area contributed by atoms with Gasteiger partial charge in [-0.2, -0.15) is 0 Å². The smallest absolute Gasteiger partial charge is 0.410 e. The first-order valence-electron chi connectivity index (χ1n) is 6.62. The molecule has 18 heavy (non-hydrogen) atoms. The van der Waals surface area contributed by atoms with Crippen molar-refractivity contribution in [2.24, 2.45) is 5.92 Å². The van der Waals surface area contributed by atoms with E-state index in [1.807, 2.05) is 20.8 Å². The molecule has 1 aliphatic heterocycles. The second-order valence-corrected chi connectivity index (χ2v) is 5.31. The molecule has 0 saturated carbocycles. The lowest BCUT2D eigenvalue weighted by Crippen LogP contribution is -2.53. The number of carbonyl (C=O) groups excluding carboxylic acids is 1. The van der Waals surface area contributed by atoms with Gasteiger partial charge in [-0.1, -0.05) is 27.2 Å². The van der Waals surface area contributed by atoms with Gasteiger partial charge >= 0.3 is 12.1 Å². The van der Waals surface area contributed by atoms with E-state index in [4.69, 9.17) is 4.74 Å². The summed E-state index contributed by atoms with van der Waals surface area (Å²) in [5.41, 5.74) is -1.05. The molecule has 0 aromatic rings. The molecule has 104 valence electrons. The molecule has 0 aromatic carbocycles. The Morgan fingerprint density at radius 1 is 1.44 bits per heavy atom. The van der Waals surface area contributed by atoms with Gasteiger partial charge in [0.1, 0.15) is 5.54 Å². The second kappa shape index (κ2) is 6.07. The van der Waals surface area contributed by atoms with E-state index in [2.05, 4.69) is 0 Å². The van der Waals surface area contributed by atoms with Crippen LogP contribution in [-0.2, 0) is 9.53 Å². The van der Waals surface area contributed by atoms with Crippen LogP contribution in [0.2, 0.25) is 0 Å². The molecule has 1 N–H and O–H groups in total. The molecule has 1 heterocycles. The normalized spacial score (nSPS) is 23.4. The van der Waals surface area contributed by atoms with Crippen molar-refractivity contribution in [3.8, 4) is 0 Å². The summed E-state index contributed by atoms with van der Waals surface area (Å²) >= 11 is 0. The minimum Gasteiger partial charge on any atom is -0.479 e. The molecule has 1 rings (SSSR count). The van der Waals surface area contributed by atoms with Gasteiger partial charge in [0.15, 0.2) is 0 Å². The third-order valence-corrected chi connectivity index (χ3v) is 3.31. The third kappa shape index (κ3) is 2.94. The number of carbonyl (C=O) groups is 2. The zero-order valence-corrected chi connectivity index (χ0v) is 11.4. The van der Waals surface area contributed by atoms with Crippen LogP contribution in [0.15, 0.2) is 0 Å². The van der Waals surface area contributed by atoms with Crippen LogP contribution in [-0.4, -0.2) is 40.8 Å². The lowest BCUT2D eigenvalue weighted by atomic mass is 9.91. The predicted molar refractivity (Wildman–Crippen MR) is 67.4 cm³/mol. The van der Waals surface area contributed by atoms with Gasteiger partial charge in [0.25, 0.3) is 0 Å². The molecule has 5 nitrogen and oxygen atoms in total. The molecule has 1 amide bonds. The maximum absolute atomic E-state index is 12.0. The molecule has 0 spiro atoms.